The third-order valence-corrected chi connectivity index (χ3v) is 4.03. The van der Waals surface area contributed by atoms with E-state index < -0.39 is 0 Å². The zero-order valence-corrected chi connectivity index (χ0v) is 10.6. The Morgan fingerprint density at radius 3 is 2.79 bits per heavy atom. The number of nitrogens with one attached hydrogen (secondary N) is 2. The molecule has 3 aliphatic heterocycles. The van der Waals surface area contributed by atoms with Crippen LogP contribution in [0.3, 0.4) is 0 Å². The number of piperazine rings is 1. The van der Waals surface area contributed by atoms with Crippen molar-refractivity contribution in [2.75, 3.05) is 13.1 Å². The molecule has 4 heterocycles. The van der Waals surface area contributed by atoms with Crippen LogP contribution in [-0.4, -0.2) is 40.0 Å². The highest BCUT2D eigenvalue weighted by Gasteiger charge is 2.36. The van der Waals surface area contributed by atoms with Crippen molar-refractivity contribution in [2.45, 2.75) is 25.0 Å². The molecule has 5 heteroatoms. The van der Waals surface area contributed by atoms with E-state index in [2.05, 4.69) is 20.2 Å². The van der Waals surface area contributed by atoms with Gasteiger partial charge >= 0.3 is 0 Å². The summed E-state index contributed by atoms with van der Waals surface area (Å²) in [5, 5.41) is 4.16. The van der Waals surface area contributed by atoms with Crippen LogP contribution in [0.1, 0.15) is 12.2 Å². The number of aromatic nitrogens is 2. The number of rotatable bonds is 2. The van der Waals surface area contributed by atoms with E-state index in [1.54, 1.807) is 0 Å². The molecular weight excluding hydrogens is 240 g/mol. The van der Waals surface area contributed by atoms with Crippen molar-refractivity contribution in [3.05, 3.63) is 40.4 Å². The van der Waals surface area contributed by atoms with Crippen LogP contribution >= 0.6 is 0 Å². The minimum absolute atomic E-state index is 0.0408. The molecule has 3 aliphatic rings. The first kappa shape index (κ1) is 11.1. The van der Waals surface area contributed by atoms with Gasteiger partial charge in [-0.15, -0.1) is 0 Å². The Kier molecular flexibility index (Phi) is 2.43. The van der Waals surface area contributed by atoms with Crippen LogP contribution in [0.5, 0.6) is 0 Å². The Bertz CT molecular complexity index is 664. The zero-order chi connectivity index (χ0) is 12.8. The van der Waals surface area contributed by atoms with Gasteiger partial charge in [0.15, 0.2) is 0 Å². The van der Waals surface area contributed by atoms with Gasteiger partial charge in [-0.1, -0.05) is 12.1 Å². The average molecular weight is 256 g/mol. The predicted octanol–water partition coefficient (Wildman–Crippen LogP) is 0.469. The van der Waals surface area contributed by atoms with Gasteiger partial charge in [-0.2, -0.15) is 0 Å². The van der Waals surface area contributed by atoms with Crippen molar-refractivity contribution in [3.63, 3.8) is 0 Å². The van der Waals surface area contributed by atoms with E-state index in [-0.39, 0.29) is 5.56 Å². The van der Waals surface area contributed by atoms with Gasteiger partial charge < -0.3 is 10.3 Å². The van der Waals surface area contributed by atoms with Gasteiger partial charge in [0, 0.05) is 25.2 Å². The first-order valence-electron chi connectivity index (χ1n) is 6.74. The normalized spacial score (nSPS) is 26.3. The summed E-state index contributed by atoms with van der Waals surface area (Å²) >= 11 is 0. The largest absolute Gasteiger partial charge is 0.309 e. The smallest absolute Gasteiger partial charge is 0.258 e. The molecule has 1 aromatic heterocycles. The van der Waals surface area contributed by atoms with Crippen molar-refractivity contribution >= 4 is 10.9 Å². The number of hydrogen-bond donors (Lipinski definition) is 2. The Morgan fingerprint density at radius 1 is 1.26 bits per heavy atom. The maximum atomic E-state index is 12.0. The number of benzene rings is 1. The molecule has 3 saturated heterocycles. The molecule has 0 spiro atoms. The van der Waals surface area contributed by atoms with E-state index in [9.17, 15) is 4.79 Å². The molecule has 5 nitrogen and oxygen atoms in total. The van der Waals surface area contributed by atoms with Gasteiger partial charge in [0.25, 0.3) is 5.56 Å². The lowest BCUT2D eigenvalue weighted by Gasteiger charge is -2.48. The van der Waals surface area contributed by atoms with E-state index in [0.717, 1.165) is 31.0 Å². The quantitative estimate of drug-likeness (QED) is 0.820. The molecule has 0 saturated carbocycles. The molecule has 1 aromatic carbocycles. The summed E-state index contributed by atoms with van der Waals surface area (Å²) in [4.78, 5) is 21.8. The highest BCUT2D eigenvalue weighted by atomic mass is 16.1. The Balaban J connectivity index is 1.62. The summed E-state index contributed by atoms with van der Waals surface area (Å²) in [5.41, 5.74) is 0.738. The van der Waals surface area contributed by atoms with Gasteiger partial charge in [-0.25, -0.2) is 4.98 Å². The number of piperidine rings is 1. The molecule has 2 unspecified atom stereocenters. The molecule has 98 valence electrons. The third kappa shape index (κ3) is 1.95. The lowest BCUT2D eigenvalue weighted by Crippen LogP contribution is -2.66. The van der Waals surface area contributed by atoms with Crippen molar-refractivity contribution < 1.29 is 0 Å². The fourth-order valence-corrected chi connectivity index (χ4v) is 3.16. The first-order valence-corrected chi connectivity index (χ1v) is 6.74. The number of hydrogen-bond acceptors (Lipinski definition) is 4. The van der Waals surface area contributed by atoms with Gasteiger partial charge in [0.05, 0.1) is 17.4 Å². The predicted molar refractivity (Wildman–Crippen MR) is 73.0 cm³/mol. The molecule has 0 radical (unpaired) electrons. The van der Waals surface area contributed by atoms with Gasteiger partial charge in [0.2, 0.25) is 0 Å². The van der Waals surface area contributed by atoms with Crippen molar-refractivity contribution in [1.29, 1.82) is 0 Å². The van der Waals surface area contributed by atoms with Crippen molar-refractivity contribution in [2.24, 2.45) is 0 Å². The Hall–Kier alpha value is -1.72. The van der Waals surface area contributed by atoms with Gasteiger partial charge in [-0.05, 0) is 18.6 Å². The van der Waals surface area contributed by atoms with E-state index in [1.165, 1.54) is 6.42 Å². The minimum Gasteiger partial charge on any atom is -0.309 e. The third-order valence-electron chi connectivity index (χ3n) is 4.03. The summed E-state index contributed by atoms with van der Waals surface area (Å²) in [6, 6.07) is 8.74. The summed E-state index contributed by atoms with van der Waals surface area (Å²) in [6.45, 7) is 2.83. The molecule has 2 aromatic rings. The van der Waals surface area contributed by atoms with Crippen LogP contribution in [0.25, 0.3) is 10.9 Å². The van der Waals surface area contributed by atoms with Crippen LogP contribution in [0, 0.1) is 0 Å². The van der Waals surface area contributed by atoms with E-state index in [4.69, 9.17) is 0 Å². The lowest BCUT2D eigenvalue weighted by atomic mass is 9.91. The van der Waals surface area contributed by atoms with Crippen LogP contribution in [-0.2, 0) is 6.54 Å². The summed E-state index contributed by atoms with van der Waals surface area (Å²) in [5.74, 6) is 0.769. The van der Waals surface area contributed by atoms with Gasteiger partial charge in [0.1, 0.15) is 5.82 Å². The maximum absolute atomic E-state index is 12.0. The second kappa shape index (κ2) is 4.15. The van der Waals surface area contributed by atoms with Crippen LogP contribution in [0.4, 0.5) is 0 Å². The highest BCUT2D eigenvalue weighted by molar-refractivity contribution is 5.77. The number of aromatic amines is 1. The topological polar surface area (TPSA) is 61.0 Å². The molecular formula is C14H16N4O. The average Bonchev–Trinajstić information content (AvgIpc) is 2.38. The zero-order valence-electron chi connectivity index (χ0n) is 10.6. The van der Waals surface area contributed by atoms with Crippen molar-refractivity contribution in [3.8, 4) is 0 Å². The first-order chi connectivity index (χ1) is 9.28. The molecule has 3 fully saturated rings. The fourth-order valence-electron chi connectivity index (χ4n) is 3.16. The number of fused-ring (bicyclic) bond motifs is 3. The maximum Gasteiger partial charge on any atom is 0.258 e. The van der Waals surface area contributed by atoms with E-state index in [0.29, 0.717) is 17.5 Å². The number of nitrogens with zero attached hydrogens (tertiary/aromatic N) is 2. The fraction of sp³-hybridized carbons (Fsp3) is 0.429. The van der Waals surface area contributed by atoms with Crippen LogP contribution in [0.15, 0.2) is 29.1 Å². The molecule has 2 atom stereocenters. The highest BCUT2D eigenvalue weighted by Crippen LogP contribution is 2.21. The molecule has 0 amide bonds. The van der Waals surface area contributed by atoms with Crippen LogP contribution in [0.2, 0.25) is 0 Å². The Morgan fingerprint density at radius 2 is 2.00 bits per heavy atom. The molecule has 2 N–H and O–H groups in total. The van der Waals surface area contributed by atoms with E-state index in [1.807, 2.05) is 24.3 Å². The summed E-state index contributed by atoms with van der Waals surface area (Å²) in [6.07, 6.45) is 1.29. The summed E-state index contributed by atoms with van der Waals surface area (Å²) < 4.78 is 0. The molecule has 0 aliphatic carbocycles. The Labute approximate surface area is 110 Å². The SMILES string of the molecule is O=c1[nH]c(CN2CC3CC(C2)N3)nc2ccccc12. The lowest BCUT2D eigenvalue weighted by molar-refractivity contribution is 0.0707. The number of H-pyrrole nitrogens is 1. The monoisotopic (exact) mass is 256 g/mol. The van der Waals surface area contributed by atoms with Crippen molar-refractivity contribution in [1.82, 2.24) is 20.2 Å². The molecule has 19 heavy (non-hydrogen) atoms. The molecule has 2 bridgehead atoms. The number of para-hydroxylation sites is 1. The van der Waals surface area contributed by atoms with Crippen LogP contribution < -0.4 is 10.9 Å². The minimum atomic E-state index is -0.0408. The second-order valence-corrected chi connectivity index (χ2v) is 5.52. The molecule has 5 rings (SSSR count). The summed E-state index contributed by atoms with van der Waals surface area (Å²) in [7, 11) is 0. The van der Waals surface area contributed by atoms with E-state index >= 15 is 0 Å². The standard InChI is InChI=1S/C14H16N4O/c19-14-11-3-1-2-4-12(11)16-13(17-14)8-18-6-9-5-10(7-18)15-9/h1-4,9-10,15H,5-8H2,(H,16,17,19). The second-order valence-electron chi connectivity index (χ2n) is 5.52. The van der Waals surface area contributed by atoms with Gasteiger partial charge in [-0.3, -0.25) is 9.69 Å².